The summed E-state index contributed by atoms with van der Waals surface area (Å²) >= 11 is 1.39. The zero-order valence-corrected chi connectivity index (χ0v) is 6.01. The van der Waals surface area contributed by atoms with Gasteiger partial charge in [0.15, 0.2) is 23.0 Å². The number of carbonyl (C=O) groups excluding carboxylic acids is 1. The van der Waals surface area contributed by atoms with Crippen LogP contribution in [0.15, 0.2) is 12.2 Å². The second-order valence-electron chi connectivity index (χ2n) is 0.955. The van der Waals surface area contributed by atoms with E-state index in [2.05, 4.69) is 9.65 Å². The number of hydrogen-bond acceptors (Lipinski definition) is 3. The molecular formula is C4H2INO2. The first-order valence-corrected chi connectivity index (χ1v) is 2.52. The summed E-state index contributed by atoms with van der Waals surface area (Å²) in [5.74, 6) is -0.687. The SMILES string of the molecule is C=C(C#N)C(=O)OI. The van der Waals surface area contributed by atoms with Crippen molar-refractivity contribution in [3.05, 3.63) is 12.2 Å². The molecule has 0 aromatic heterocycles. The molecule has 0 aliphatic carbocycles. The average Bonchev–Trinajstić information content (AvgIpc) is 1.84. The van der Waals surface area contributed by atoms with E-state index in [0.29, 0.717) is 0 Å². The Hall–Kier alpha value is -0.570. The monoisotopic (exact) mass is 223 g/mol. The molecular weight excluding hydrogens is 221 g/mol. The maximum absolute atomic E-state index is 10.2. The van der Waals surface area contributed by atoms with Crippen molar-refractivity contribution in [1.82, 2.24) is 0 Å². The lowest BCUT2D eigenvalue weighted by molar-refractivity contribution is -0.126. The largest absolute Gasteiger partial charge is 0.390 e. The molecule has 3 nitrogen and oxygen atoms in total. The Kier molecular flexibility index (Phi) is 3.19. The third kappa shape index (κ3) is 1.93. The summed E-state index contributed by atoms with van der Waals surface area (Å²) < 4.78 is 4.11. The van der Waals surface area contributed by atoms with Crippen LogP contribution in [0.3, 0.4) is 0 Å². The molecule has 42 valence electrons. The molecule has 0 unspecified atom stereocenters. The van der Waals surface area contributed by atoms with Gasteiger partial charge >= 0.3 is 5.97 Å². The summed E-state index contributed by atoms with van der Waals surface area (Å²) in [5, 5.41) is 7.98. The van der Waals surface area contributed by atoms with Crippen LogP contribution < -0.4 is 0 Å². The minimum absolute atomic E-state index is 0.181. The molecule has 0 aromatic carbocycles. The van der Waals surface area contributed by atoms with Crippen LogP contribution in [0.1, 0.15) is 0 Å². The van der Waals surface area contributed by atoms with Crippen molar-refractivity contribution in [3.63, 3.8) is 0 Å². The van der Waals surface area contributed by atoms with Crippen molar-refractivity contribution in [2.75, 3.05) is 0 Å². The summed E-state index contributed by atoms with van der Waals surface area (Å²) in [7, 11) is 0. The molecule has 4 heteroatoms. The second kappa shape index (κ2) is 3.43. The lowest BCUT2D eigenvalue weighted by atomic mass is 10.4. The van der Waals surface area contributed by atoms with E-state index in [1.165, 1.54) is 23.0 Å². The molecule has 0 fully saturated rings. The van der Waals surface area contributed by atoms with Gasteiger partial charge in [-0.1, -0.05) is 6.58 Å². The van der Waals surface area contributed by atoms with Crippen LogP contribution in [0.5, 0.6) is 0 Å². The van der Waals surface area contributed by atoms with Gasteiger partial charge in [-0.3, -0.25) is 0 Å². The molecule has 8 heavy (non-hydrogen) atoms. The molecule has 0 bridgehead atoms. The van der Waals surface area contributed by atoms with Crippen molar-refractivity contribution < 1.29 is 7.86 Å². The molecule has 0 heterocycles. The fourth-order valence-electron chi connectivity index (χ4n) is 0.0922. The third-order valence-electron chi connectivity index (χ3n) is 0.451. The number of rotatable bonds is 1. The van der Waals surface area contributed by atoms with Gasteiger partial charge in [0.1, 0.15) is 11.6 Å². The van der Waals surface area contributed by atoms with E-state index in [-0.39, 0.29) is 5.57 Å². The molecule has 0 amide bonds. The van der Waals surface area contributed by atoms with Crippen molar-refractivity contribution in [1.29, 1.82) is 5.26 Å². The number of carbonyl (C=O) groups is 1. The second-order valence-corrected chi connectivity index (χ2v) is 1.40. The highest BCUT2D eigenvalue weighted by Gasteiger charge is 2.03. The minimum Gasteiger partial charge on any atom is -0.390 e. The molecule has 0 spiro atoms. The summed E-state index contributed by atoms with van der Waals surface area (Å²) in [6.45, 7) is 3.10. The third-order valence-corrected chi connectivity index (χ3v) is 0.851. The van der Waals surface area contributed by atoms with Gasteiger partial charge in [0, 0.05) is 0 Å². The maximum Gasteiger partial charge on any atom is 0.357 e. The maximum atomic E-state index is 10.2. The molecule has 0 saturated heterocycles. The molecule has 0 saturated carbocycles. The first-order chi connectivity index (χ1) is 3.72. The van der Waals surface area contributed by atoms with E-state index < -0.39 is 5.97 Å². The first kappa shape index (κ1) is 7.43. The van der Waals surface area contributed by atoms with E-state index in [1.54, 1.807) is 6.07 Å². The normalized spacial score (nSPS) is 7.00. The highest BCUT2D eigenvalue weighted by Crippen LogP contribution is 1.95. The van der Waals surface area contributed by atoms with Gasteiger partial charge in [-0.2, -0.15) is 5.26 Å². The summed E-state index contributed by atoms with van der Waals surface area (Å²) in [6.07, 6.45) is 0. The van der Waals surface area contributed by atoms with Crippen LogP contribution in [0.4, 0.5) is 0 Å². The molecule has 0 aliphatic heterocycles. The van der Waals surface area contributed by atoms with Crippen LogP contribution in [0.2, 0.25) is 0 Å². The fourth-order valence-corrected chi connectivity index (χ4v) is 0.358. The van der Waals surface area contributed by atoms with Gasteiger partial charge in [0.25, 0.3) is 0 Å². The standard InChI is InChI=1S/C4H2INO2/c1-3(2-6)4(7)8-5/h1H2. The molecule has 0 N–H and O–H groups in total. The Balaban J connectivity index is 3.89. The van der Waals surface area contributed by atoms with Crippen LogP contribution in [-0.2, 0) is 7.86 Å². The minimum atomic E-state index is -0.687. The van der Waals surface area contributed by atoms with Gasteiger partial charge in [-0.15, -0.1) is 0 Å². The Morgan fingerprint density at radius 2 is 2.38 bits per heavy atom. The number of nitrogens with zero attached hydrogens (tertiary/aromatic N) is 1. The first-order valence-electron chi connectivity index (χ1n) is 1.64. The smallest absolute Gasteiger partial charge is 0.357 e. The lowest BCUT2D eigenvalue weighted by Gasteiger charge is -1.85. The van der Waals surface area contributed by atoms with Gasteiger partial charge < -0.3 is 3.07 Å². The van der Waals surface area contributed by atoms with Gasteiger partial charge in [0.2, 0.25) is 0 Å². The number of hydrogen-bond donors (Lipinski definition) is 0. The van der Waals surface area contributed by atoms with Crippen LogP contribution in [-0.4, -0.2) is 5.97 Å². The summed E-state index contributed by atoms with van der Waals surface area (Å²) in [4.78, 5) is 10.2. The highest BCUT2D eigenvalue weighted by molar-refractivity contribution is 14.1. The van der Waals surface area contributed by atoms with Crippen molar-refractivity contribution >= 4 is 29.0 Å². The van der Waals surface area contributed by atoms with Gasteiger partial charge in [-0.25, -0.2) is 4.79 Å². The lowest BCUT2D eigenvalue weighted by Crippen LogP contribution is -1.96. The van der Waals surface area contributed by atoms with E-state index in [9.17, 15) is 4.79 Å². The molecule has 0 aromatic rings. The summed E-state index contributed by atoms with van der Waals surface area (Å²) in [5.41, 5.74) is -0.181. The molecule has 0 aliphatic rings. The quantitative estimate of drug-likeness (QED) is 0.378. The average molecular weight is 223 g/mol. The van der Waals surface area contributed by atoms with Crippen molar-refractivity contribution in [3.8, 4) is 6.07 Å². The predicted octanol–water partition coefficient (Wildman–Crippen LogP) is 0.959. The topological polar surface area (TPSA) is 50.1 Å². The van der Waals surface area contributed by atoms with Crippen LogP contribution in [0, 0.1) is 11.3 Å². The number of nitriles is 1. The van der Waals surface area contributed by atoms with E-state index >= 15 is 0 Å². The van der Waals surface area contributed by atoms with Crippen LogP contribution in [0.25, 0.3) is 0 Å². The van der Waals surface area contributed by atoms with E-state index in [1.807, 2.05) is 0 Å². The van der Waals surface area contributed by atoms with Crippen molar-refractivity contribution in [2.24, 2.45) is 0 Å². The molecule has 0 rings (SSSR count). The molecule has 0 atom stereocenters. The van der Waals surface area contributed by atoms with Crippen LogP contribution >= 0.6 is 23.0 Å². The zero-order valence-electron chi connectivity index (χ0n) is 3.85. The Morgan fingerprint density at radius 1 is 1.88 bits per heavy atom. The van der Waals surface area contributed by atoms with E-state index in [4.69, 9.17) is 5.26 Å². The Morgan fingerprint density at radius 3 is 2.50 bits per heavy atom. The predicted molar refractivity (Wildman–Crippen MR) is 34.9 cm³/mol. The molecule has 0 radical (unpaired) electrons. The fraction of sp³-hybridized carbons (Fsp3) is 0. The van der Waals surface area contributed by atoms with Gasteiger partial charge in [-0.05, 0) is 0 Å². The van der Waals surface area contributed by atoms with E-state index in [0.717, 1.165) is 0 Å². The number of halogens is 1. The Labute approximate surface area is 60.6 Å². The van der Waals surface area contributed by atoms with Crippen molar-refractivity contribution in [2.45, 2.75) is 0 Å². The zero-order chi connectivity index (χ0) is 6.57. The summed E-state index contributed by atoms with van der Waals surface area (Å²) in [6, 6.07) is 1.54. The Bertz CT molecular complexity index is 158. The highest BCUT2D eigenvalue weighted by atomic mass is 127. The van der Waals surface area contributed by atoms with Gasteiger partial charge in [0.05, 0.1) is 0 Å².